The summed E-state index contributed by atoms with van der Waals surface area (Å²) >= 11 is 0. The van der Waals surface area contributed by atoms with Crippen LogP contribution in [0.3, 0.4) is 0 Å². The highest BCUT2D eigenvalue weighted by atomic mass is 32.2. The van der Waals surface area contributed by atoms with Crippen molar-refractivity contribution >= 4 is 15.7 Å². The van der Waals surface area contributed by atoms with Crippen molar-refractivity contribution in [2.45, 2.75) is 24.8 Å². The SMILES string of the molecule is Cc1ccccc1C(C)NS(=O)(=O)c1cnccc1N. The van der Waals surface area contributed by atoms with Crippen LogP contribution in [0.1, 0.15) is 24.1 Å². The number of aromatic nitrogens is 1. The van der Waals surface area contributed by atoms with Crippen LogP contribution in [0.15, 0.2) is 47.6 Å². The standard InChI is InChI=1S/C14H17N3O2S/c1-10-5-3-4-6-12(10)11(2)17-20(18,19)14-9-16-8-7-13(14)15/h3-9,11,17H,1-2H3,(H2,15,16). The Bertz CT molecular complexity index is 714. The van der Waals surface area contributed by atoms with Crippen LogP contribution in [0.25, 0.3) is 0 Å². The van der Waals surface area contributed by atoms with Crippen molar-refractivity contribution in [2.75, 3.05) is 5.73 Å². The van der Waals surface area contributed by atoms with Gasteiger partial charge >= 0.3 is 0 Å². The van der Waals surface area contributed by atoms with Crippen LogP contribution in [-0.2, 0) is 10.0 Å². The maximum absolute atomic E-state index is 12.3. The maximum atomic E-state index is 12.3. The molecule has 1 aromatic heterocycles. The third kappa shape index (κ3) is 2.97. The lowest BCUT2D eigenvalue weighted by Crippen LogP contribution is -2.28. The van der Waals surface area contributed by atoms with Crippen molar-refractivity contribution in [2.24, 2.45) is 0 Å². The Labute approximate surface area is 118 Å². The number of nitrogen functional groups attached to an aromatic ring is 1. The lowest BCUT2D eigenvalue weighted by atomic mass is 10.0. The van der Waals surface area contributed by atoms with Crippen molar-refractivity contribution in [3.8, 4) is 0 Å². The molecule has 20 heavy (non-hydrogen) atoms. The monoisotopic (exact) mass is 291 g/mol. The van der Waals surface area contributed by atoms with Gasteiger partial charge in [0.05, 0.1) is 5.69 Å². The zero-order valence-electron chi connectivity index (χ0n) is 11.4. The second-order valence-electron chi connectivity index (χ2n) is 4.61. The van der Waals surface area contributed by atoms with Gasteiger partial charge in [0.1, 0.15) is 4.90 Å². The first-order valence-electron chi connectivity index (χ1n) is 6.19. The molecule has 0 amide bonds. The lowest BCUT2D eigenvalue weighted by molar-refractivity contribution is 0.566. The fraction of sp³-hybridized carbons (Fsp3) is 0.214. The molecular weight excluding hydrogens is 274 g/mol. The lowest BCUT2D eigenvalue weighted by Gasteiger charge is -2.17. The largest absolute Gasteiger partial charge is 0.398 e. The van der Waals surface area contributed by atoms with Gasteiger partial charge < -0.3 is 5.73 Å². The van der Waals surface area contributed by atoms with Gasteiger partial charge in [-0.1, -0.05) is 24.3 Å². The number of nitrogens with zero attached hydrogens (tertiary/aromatic N) is 1. The van der Waals surface area contributed by atoms with E-state index in [-0.39, 0.29) is 16.6 Å². The minimum atomic E-state index is -3.69. The van der Waals surface area contributed by atoms with Gasteiger partial charge in [-0.15, -0.1) is 0 Å². The van der Waals surface area contributed by atoms with Gasteiger partial charge in [0.25, 0.3) is 0 Å². The van der Waals surface area contributed by atoms with Crippen LogP contribution in [0.4, 0.5) is 5.69 Å². The average Bonchev–Trinajstić information content (AvgIpc) is 2.38. The van der Waals surface area contributed by atoms with Gasteiger partial charge in [0.2, 0.25) is 10.0 Å². The Balaban J connectivity index is 2.30. The minimum Gasteiger partial charge on any atom is -0.398 e. The number of aryl methyl sites for hydroxylation is 1. The van der Waals surface area contributed by atoms with Gasteiger partial charge in [-0.25, -0.2) is 13.1 Å². The molecule has 0 fully saturated rings. The average molecular weight is 291 g/mol. The molecule has 0 aliphatic heterocycles. The second kappa shape index (κ2) is 5.60. The van der Waals surface area contributed by atoms with Gasteiger partial charge in [-0.05, 0) is 31.0 Å². The number of nitrogens with two attached hydrogens (primary N) is 1. The van der Waals surface area contributed by atoms with E-state index in [1.807, 2.05) is 31.2 Å². The molecule has 0 spiro atoms. The van der Waals surface area contributed by atoms with E-state index in [9.17, 15) is 8.42 Å². The molecule has 1 aromatic carbocycles. The molecule has 3 N–H and O–H groups in total. The molecule has 0 aliphatic carbocycles. The third-order valence-corrected chi connectivity index (χ3v) is 4.68. The summed E-state index contributed by atoms with van der Waals surface area (Å²) in [5.74, 6) is 0. The molecule has 2 aromatic rings. The van der Waals surface area contributed by atoms with Crippen molar-refractivity contribution in [3.63, 3.8) is 0 Å². The molecule has 0 saturated heterocycles. The quantitative estimate of drug-likeness (QED) is 0.902. The minimum absolute atomic E-state index is 0.000402. The number of rotatable bonds is 4. The fourth-order valence-electron chi connectivity index (χ4n) is 2.05. The van der Waals surface area contributed by atoms with Crippen LogP contribution in [0, 0.1) is 6.92 Å². The Hall–Kier alpha value is -1.92. The number of hydrogen-bond acceptors (Lipinski definition) is 4. The molecule has 1 heterocycles. The molecule has 0 bridgehead atoms. The van der Waals surface area contributed by atoms with Gasteiger partial charge in [0, 0.05) is 18.4 Å². The predicted molar refractivity (Wildman–Crippen MR) is 78.6 cm³/mol. The topological polar surface area (TPSA) is 85.1 Å². The highest BCUT2D eigenvalue weighted by molar-refractivity contribution is 7.89. The molecule has 1 unspecified atom stereocenters. The highest BCUT2D eigenvalue weighted by Gasteiger charge is 2.21. The zero-order chi connectivity index (χ0) is 14.8. The third-order valence-electron chi connectivity index (χ3n) is 3.09. The second-order valence-corrected chi connectivity index (χ2v) is 6.30. The first-order valence-corrected chi connectivity index (χ1v) is 7.67. The van der Waals surface area contributed by atoms with Crippen LogP contribution in [0.5, 0.6) is 0 Å². The van der Waals surface area contributed by atoms with Gasteiger partial charge in [-0.2, -0.15) is 0 Å². The van der Waals surface area contributed by atoms with Gasteiger partial charge in [0.15, 0.2) is 0 Å². The van der Waals surface area contributed by atoms with Crippen molar-refractivity contribution in [1.82, 2.24) is 9.71 Å². The Morgan fingerprint density at radius 3 is 2.60 bits per heavy atom. The first-order chi connectivity index (χ1) is 9.42. The molecule has 5 nitrogen and oxygen atoms in total. The first kappa shape index (κ1) is 14.5. The summed E-state index contributed by atoms with van der Waals surface area (Å²) in [6, 6.07) is 8.76. The summed E-state index contributed by atoms with van der Waals surface area (Å²) in [7, 11) is -3.69. The molecule has 6 heteroatoms. The van der Waals surface area contributed by atoms with E-state index in [2.05, 4.69) is 9.71 Å². The fourth-order valence-corrected chi connectivity index (χ4v) is 3.34. The van der Waals surface area contributed by atoms with E-state index in [0.29, 0.717) is 0 Å². The van der Waals surface area contributed by atoms with Crippen LogP contribution < -0.4 is 10.5 Å². The number of hydrogen-bond donors (Lipinski definition) is 2. The van der Waals surface area contributed by atoms with Crippen LogP contribution >= 0.6 is 0 Å². The molecule has 0 saturated carbocycles. The molecule has 0 aliphatic rings. The Morgan fingerprint density at radius 2 is 1.95 bits per heavy atom. The van der Waals surface area contributed by atoms with E-state index in [1.54, 1.807) is 6.92 Å². The molecular formula is C14H17N3O2S. The number of anilines is 1. The van der Waals surface area contributed by atoms with E-state index in [1.165, 1.54) is 18.5 Å². The zero-order valence-corrected chi connectivity index (χ0v) is 12.2. The number of pyridine rings is 1. The smallest absolute Gasteiger partial charge is 0.244 e. The molecule has 0 radical (unpaired) electrons. The summed E-state index contributed by atoms with van der Waals surface area (Å²) in [5.41, 5.74) is 7.84. The normalized spacial score (nSPS) is 13.1. The summed E-state index contributed by atoms with van der Waals surface area (Å²) in [4.78, 5) is 3.81. The summed E-state index contributed by atoms with van der Waals surface area (Å²) in [5, 5.41) is 0. The summed E-state index contributed by atoms with van der Waals surface area (Å²) in [6.07, 6.45) is 2.71. The predicted octanol–water partition coefficient (Wildman–Crippen LogP) is 2.01. The summed E-state index contributed by atoms with van der Waals surface area (Å²) in [6.45, 7) is 3.74. The number of sulfonamides is 1. The van der Waals surface area contributed by atoms with Crippen molar-refractivity contribution in [1.29, 1.82) is 0 Å². The van der Waals surface area contributed by atoms with Crippen LogP contribution in [0.2, 0.25) is 0 Å². The van der Waals surface area contributed by atoms with Crippen molar-refractivity contribution in [3.05, 3.63) is 53.9 Å². The Kier molecular flexibility index (Phi) is 4.06. The maximum Gasteiger partial charge on any atom is 0.244 e. The van der Waals surface area contributed by atoms with Crippen molar-refractivity contribution < 1.29 is 8.42 Å². The van der Waals surface area contributed by atoms with E-state index in [0.717, 1.165) is 11.1 Å². The summed E-state index contributed by atoms with van der Waals surface area (Å²) < 4.78 is 27.3. The van der Waals surface area contributed by atoms with Crippen LogP contribution in [-0.4, -0.2) is 13.4 Å². The molecule has 106 valence electrons. The van der Waals surface area contributed by atoms with E-state index < -0.39 is 10.0 Å². The van der Waals surface area contributed by atoms with E-state index >= 15 is 0 Å². The Morgan fingerprint density at radius 1 is 1.25 bits per heavy atom. The number of nitrogens with one attached hydrogen (secondary N) is 1. The van der Waals surface area contributed by atoms with E-state index in [4.69, 9.17) is 5.73 Å². The number of benzene rings is 1. The molecule has 2 rings (SSSR count). The molecule has 1 atom stereocenters. The highest BCUT2D eigenvalue weighted by Crippen LogP contribution is 2.21. The van der Waals surface area contributed by atoms with Gasteiger partial charge in [-0.3, -0.25) is 4.98 Å².